The first-order valence-electron chi connectivity index (χ1n) is 10.1. The molecule has 1 aliphatic heterocycles. The molecule has 1 aliphatic carbocycles. The molecule has 2 aliphatic rings. The molecule has 0 radical (unpaired) electrons. The van der Waals surface area contributed by atoms with Crippen molar-refractivity contribution >= 4 is 53.2 Å². The molecular formula is C20H26BrF2N3O4SSi. The van der Waals surface area contributed by atoms with Gasteiger partial charge < -0.3 is 15.1 Å². The Balaban J connectivity index is 2.00. The Labute approximate surface area is 199 Å². The highest BCUT2D eigenvalue weighted by Gasteiger charge is 2.69. The van der Waals surface area contributed by atoms with Crippen LogP contribution in [0.2, 0.25) is 25.7 Å². The third kappa shape index (κ3) is 5.02. The maximum atomic E-state index is 14.8. The van der Waals surface area contributed by atoms with Crippen molar-refractivity contribution in [2.75, 3.05) is 20.0 Å². The molecule has 0 aromatic heterocycles. The van der Waals surface area contributed by atoms with Gasteiger partial charge in [0.05, 0.1) is 11.0 Å². The van der Waals surface area contributed by atoms with Gasteiger partial charge in [-0.05, 0) is 30.7 Å². The van der Waals surface area contributed by atoms with Gasteiger partial charge in [0.15, 0.2) is 5.17 Å². The van der Waals surface area contributed by atoms with Crippen LogP contribution in [-0.4, -0.2) is 65.5 Å². The molecule has 1 aromatic carbocycles. The van der Waals surface area contributed by atoms with Crippen molar-refractivity contribution in [3.05, 3.63) is 34.1 Å². The normalized spacial score (nSPS) is 27.2. The first-order valence-corrected chi connectivity index (χ1v) is 15.4. The molecule has 7 nitrogen and oxygen atoms in total. The molecule has 1 aromatic rings. The van der Waals surface area contributed by atoms with Crippen molar-refractivity contribution in [1.29, 1.82) is 0 Å². The SMILES string of the molecule is C[Si](C)(C)CCOCN(C(=O)O)C1=N[C@](CF)(c2cc(Br)ccc2F)[C@@H]2C[C@]2(C=NO)S1. The monoisotopic (exact) mass is 549 g/mol. The summed E-state index contributed by atoms with van der Waals surface area (Å²) < 4.78 is 34.8. The number of rotatable bonds is 8. The van der Waals surface area contributed by atoms with Crippen LogP contribution in [-0.2, 0) is 10.3 Å². The zero-order valence-corrected chi connectivity index (χ0v) is 21.4. The Bertz CT molecular complexity index is 948. The summed E-state index contributed by atoms with van der Waals surface area (Å²) in [5.74, 6) is -1.15. The second-order valence-corrected chi connectivity index (χ2v) is 17.1. The van der Waals surface area contributed by atoms with Crippen LogP contribution < -0.4 is 0 Å². The van der Waals surface area contributed by atoms with Gasteiger partial charge >= 0.3 is 6.09 Å². The van der Waals surface area contributed by atoms with Gasteiger partial charge in [0, 0.05) is 30.6 Å². The molecule has 1 saturated carbocycles. The number of amidine groups is 1. The number of ether oxygens (including phenoxy) is 1. The van der Waals surface area contributed by atoms with Gasteiger partial charge in [0.1, 0.15) is 24.8 Å². The maximum Gasteiger partial charge on any atom is 0.415 e. The van der Waals surface area contributed by atoms with Crippen LogP contribution in [0.15, 0.2) is 32.8 Å². The predicted molar refractivity (Wildman–Crippen MR) is 127 cm³/mol. The number of fused-ring (bicyclic) bond motifs is 1. The fourth-order valence-corrected chi connectivity index (χ4v) is 6.36. The Morgan fingerprint density at radius 2 is 2.22 bits per heavy atom. The zero-order valence-electron chi connectivity index (χ0n) is 18.0. The number of aliphatic imine (C=N–C) groups is 1. The summed E-state index contributed by atoms with van der Waals surface area (Å²) in [6, 6.07) is 5.02. The molecule has 3 atom stereocenters. The van der Waals surface area contributed by atoms with Gasteiger partial charge in [0.25, 0.3) is 0 Å². The van der Waals surface area contributed by atoms with Crippen molar-refractivity contribution in [2.24, 2.45) is 16.1 Å². The zero-order chi connectivity index (χ0) is 23.7. The standard InChI is InChI=1S/C20H26BrF2N3O4SSi/c1-32(2,3)7-6-30-12-26(18(27)28)17-25-20(10-22,14-8-13(21)4-5-15(14)23)16-9-19(16,31-17)11-24-29/h4-5,8,11,16,29H,6-7,9-10,12H2,1-3H3,(H,27,28)/t16-,19-,20-/m1/s1. The van der Waals surface area contributed by atoms with Gasteiger partial charge in [0.2, 0.25) is 0 Å². The van der Waals surface area contributed by atoms with Crippen LogP contribution in [0.5, 0.6) is 0 Å². The molecule has 1 fully saturated rings. The Kier molecular flexibility index (Phi) is 7.38. The molecule has 1 amide bonds. The summed E-state index contributed by atoms with van der Waals surface area (Å²) in [5, 5.41) is 22.1. The molecule has 1 heterocycles. The number of oxime groups is 1. The Hall–Kier alpha value is -1.50. The Morgan fingerprint density at radius 3 is 2.81 bits per heavy atom. The Morgan fingerprint density at radius 1 is 1.50 bits per heavy atom. The van der Waals surface area contributed by atoms with Gasteiger partial charge in [-0.2, -0.15) is 0 Å². The molecule has 2 N–H and O–H groups in total. The highest BCUT2D eigenvalue weighted by atomic mass is 79.9. The van der Waals surface area contributed by atoms with Gasteiger partial charge in [-0.15, -0.1) is 5.16 Å². The van der Waals surface area contributed by atoms with Crippen LogP contribution in [0.25, 0.3) is 0 Å². The van der Waals surface area contributed by atoms with E-state index in [1.807, 2.05) is 0 Å². The number of hydrogen-bond donors (Lipinski definition) is 2. The van der Waals surface area contributed by atoms with E-state index in [0.29, 0.717) is 17.5 Å². The minimum Gasteiger partial charge on any atom is -0.465 e. The van der Waals surface area contributed by atoms with E-state index in [-0.39, 0.29) is 17.5 Å². The number of halogens is 3. The molecule has 32 heavy (non-hydrogen) atoms. The van der Waals surface area contributed by atoms with Gasteiger partial charge in [-0.3, -0.25) is 0 Å². The summed E-state index contributed by atoms with van der Waals surface area (Å²) in [6.07, 6.45) is 0.291. The van der Waals surface area contributed by atoms with Crippen LogP contribution in [0.4, 0.5) is 13.6 Å². The lowest BCUT2D eigenvalue weighted by molar-refractivity contribution is 0.0700. The topological polar surface area (TPSA) is 94.7 Å². The van der Waals surface area contributed by atoms with E-state index in [1.165, 1.54) is 24.4 Å². The molecular weight excluding hydrogens is 524 g/mol. The largest absolute Gasteiger partial charge is 0.465 e. The lowest BCUT2D eigenvalue weighted by Gasteiger charge is -2.36. The smallest absolute Gasteiger partial charge is 0.415 e. The van der Waals surface area contributed by atoms with E-state index in [9.17, 15) is 23.9 Å². The van der Waals surface area contributed by atoms with Crippen LogP contribution >= 0.6 is 27.7 Å². The van der Waals surface area contributed by atoms with E-state index in [4.69, 9.17) is 4.74 Å². The second-order valence-electron chi connectivity index (χ2n) is 9.19. The number of alkyl halides is 1. The molecule has 0 spiro atoms. The quantitative estimate of drug-likeness (QED) is 0.113. The number of amides is 1. The second kappa shape index (κ2) is 9.39. The minimum absolute atomic E-state index is 0.0174. The summed E-state index contributed by atoms with van der Waals surface area (Å²) >= 11 is 4.36. The van der Waals surface area contributed by atoms with Crippen molar-refractivity contribution in [3.8, 4) is 0 Å². The summed E-state index contributed by atoms with van der Waals surface area (Å²) in [6.45, 7) is 5.60. The van der Waals surface area contributed by atoms with Crippen LogP contribution in [0.1, 0.15) is 12.0 Å². The molecule has 12 heteroatoms. The average molecular weight is 550 g/mol. The number of nitrogens with zero attached hydrogens (tertiary/aromatic N) is 3. The van der Waals surface area contributed by atoms with Crippen LogP contribution in [0, 0.1) is 11.7 Å². The van der Waals surface area contributed by atoms with Crippen molar-refractivity contribution < 1.29 is 28.6 Å². The lowest BCUT2D eigenvalue weighted by atomic mass is 9.85. The molecule has 176 valence electrons. The van der Waals surface area contributed by atoms with E-state index in [1.54, 1.807) is 0 Å². The predicted octanol–water partition coefficient (Wildman–Crippen LogP) is 5.37. The maximum absolute atomic E-state index is 14.8. The molecule has 0 unspecified atom stereocenters. The van der Waals surface area contributed by atoms with Gasteiger partial charge in [-0.1, -0.05) is 47.3 Å². The van der Waals surface area contributed by atoms with Gasteiger partial charge in [-0.25, -0.2) is 23.5 Å². The average Bonchev–Trinajstić information content (AvgIpc) is 3.42. The number of hydrogen-bond acceptors (Lipinski definition) is 6. The first kappa shape index (κ1) is 25.1. The third-order valence-electron chi connectivity index (χ3n) is 5.66. The van der Waals surface area contributed by atoms with E-state index >= 15 is 0 Å². The van der Waals surface area contributed by atoms with Crippen molar-refractivity contribution in [2.45, 2.75) is 42.4 Å². The molecule has 0 saturated heterocycles. The number of carboxylic acid groups (broad SMARTS) is 1. The highest BCUT2D eigenvalue weighted by Crippen LogP contribution is 2.66. The number of carbonyl (C=O) groups is 1. The summed E-state index contributed by atoms with van der Waals surface area (Å²) in [7, 11) is -1.37. The minimum atomic E-state index is -1.65. The van der Waals surface area contributed by atoms with E-state index in [0.717, 1.165) is 22.7 Å². The number of thioether (sulfide) groups is 1. The molecule has 3 rings (SSSR count). The summed E-state index contributed by atoms with van der Waals surface area (Å²) in [5.41, 5.74) is -1.63. The molecule has 0 bridgehead atoms. The van der Waals surface area contributed by atoms with E-state index < -0.39 is 42.9 Å². The highest BCUT2D eigenvalue weighted by molar-refractivity contribution is 9.10. The fraction of sp³-hybridized carbons (Fsp3) is 0.550. The van der Waals surface area contributed by atoms with Crippen LogP contribution in [0.3, 0.4) is 0 Å². The van der Waals surface area contributed by atoms with E-state index in [2.05, 4.69) is 45.7 Å². The first-order chi connectivity index (χ1) is 15.0. The van der Waals surface area contributed by atoms with Crippen molar-refractivity contribution in [1.82, 2.24) is 4.90 Å². The fourth-order valence-electron chi connectivity index (χ4n) is 3.77. The lowest BCUT2D eigenvalue weighted by Crippen LogP contribution is -2.45. The number of benzene rings is 1. The van der Waals surface area contributed by atoms with Crippen molar-refractivity contribution in [3.63, 3.8) is 0 Å². The summed E-state index contributed by atoms with van der Waals surface area (Å²) in [4.78, 5) is 17.4. The third-order valence-corrected chi connectivity index (χ3v) is 9.29.